The van der Waals surface area contributed by atoms with Crippen molar-refractivity contribution in [2.75, 3.05) is 44.1 Å². The smallest absolute Gasteiger partial charge is 0.316 e. The van der Waals surface area contributed by atoms with Crippen LogP contribution in [0.15, 0.2) is 59.4 Å². The summed E-state index contributed by atoms with van der Waals surface area (Å²) in [6, 6.07) is 15.3. The second-order valence-corrected chi connectivity index (χ2v) is 15.0. The number of ether oxygens (including phenoxy) is 3. The van der Waals surface area contributed by atoms with E-state index in [2.05, 4.69) is 41.8 Å². The fourth-order valence-electron chi connectivity index (χ4n) is 5.61. The average Bonchev–Trinajstić information content (AvgIpc) is 3.42. The topological polar surface area (TPSA) is 153 Å². The number of hydrogen-bond acceptors (Lipinski definition) is 7. The number of anilines is 2. The minimum absolute atomic E-state index is 0.0373. The van der Waals surface area contributed by atoms with Gasteiger partial charge in [0.25, 0.3) is 17.7 Å². The van der Waals surface area contributed by atoms with E-state index in [4.69, 9.17) is 49.0 Å². The number of carbonyl (C=O) groups excluding carboxylic acids is 3. The molecule has 0 fully saturated rings. The van der Waals surface area contributed by atoms with Crippen LogP contribution in [0.4, 0.5) is 11.5 Å². The molecular formula is C39H46Cl3N5O7. The van der Waals surface area contributed by atoms with E-state index in [-0.39, 0.29) is 57.6 Å². The van der Waals surface area contributed by atoms with Crippen LogP contribution in [0.1, 0.15) is 75.9 Å². The van der Waals surface area contributed by atoms with Gasteiger partial charge >= 0.3 is 5.56 Å². The molecule has 0 atom stereocenters. The third-order valence-corrected chi connectivity index (χ3v) is 10.1. The fourth-order valence-corrected chi connectivity index (χ4v) is 6.59. The third-order valence-electron chi connectivity index (χ3n) is 9.27. The average molecular weight is 803 g/mol. The summed E-state index contributed by atoms with van der Waals surface area (Å²) in [5.74, 6) is -1.57. The summed E-state index contributed by atoms with van der Waals surface area (Å²) in [7, 11) is 1.50. The Bertz CT molecular complexity index is 2020. The van der Waals surface area contributed by atoms with Gasteiger partial charge in [0, 0.05) is 29.9 Å². The summed E-state index contributed by atoms with van der Waals surface area (Å²) in [5.41, 5.74) is 0.362. The molecule has 4 aromatic rings. The number of nitrogens with zero attached hydrogens (tertiary/aromatic N) is 1. The van der Waals surface area contributed by atoms with E-state index in [1.54, 1.807) is 18.2 Å². The molecular weight excluding hydrogens is 757 g/mol. The molecule has 0 spiro atoms. The van der Waals surface area contributed by atoms with Crippen molar-refractivity contribution in [3.63, 3.8) is 0 Å². The Morgan fingerprint density at radius 2 is 1.46 bits per heavy atom. The zero-order chi connectivity index (χ0) is 39.8. The lowest BCUT2D eigenvalue weighted by atomic mass is 9.73. The molecule has 0 aliphatic rings. The molecule has 4 rings (SSSR count). The van der Waals surface area contributed by atoms with Crippen LogP contribution in [-0.4, -0.2) is 61.0 Å². The fraction of sp³-hybridized carbons (Fsp3) is 0.385. The van der Waals surface area contributed by atoms with Crippen LogP contribution in [0.5, 0.6) is 11.5 Å². The third kappa shape index (κ3) is 9.97. The minimum Gasteiger partial charge on any atom is -0.484 e. The van der Waals surface area contributed by atoms with Gasteiger partial charge in [0.05, 0.1) is 16.7 Å². The van der Waals surface area contributed by atoms with Crippen molar-refractivity contribution in [3.05, 3.63) is 96.7 Å². The van der Waals surface area contributed by atoms with Crippen LogP contribution in [0, 0.1) is 0 Å². The van der Waals surface area contributed by atoms with Crippen LogP contribution < -0.4 is 31.0 Å². The Hall–Kier alpha value is -4.49. The summed E-state index contributed by atoms with van der Waals surface area (Å²) in [6.45, 7) is 11.8. The Morgan fingerprint density at radius 1 is 0.833 bits per heavy atom. The maximum atomic E-state index is 14.5. The van der Waals surface area contributed by atoms with Gasteiger partial charge in [-0.25, -0.2) is 4.68 Å². The largest absolute Gasteiger partial charge is 0.484 e. The summed E-state index contributed by atoms with van der Waals surface area (Å²) in [4.78, 5) is 54.4. The number of para-hydroxylation sites is 1. The zero-order valence-electron chi connectivity index (χ0n) is 31.4. The van der Waals surface area contributed by atoms with Crippen molar-refractivity contribution in [2.45, 2.75) is 65.2 Å². The molecule has 0 aliphatic carbocycles. The van der Waals surface area contributed by atoms with E-state index >= 15 is 0 Å². The predicted molar refractivity (Wildman–Crippen MR) is 213 cm³/mol. The molecule has 12 nitrogen and oxygen atoms in total. The van der Waals surface area contributed by atoms with Gasteiger partial charge in [-0.3, -0.25) is 24.3 Å². The van der Waals surface area contributed by atoms with Gasteiger partial charge in [0.15, 0.2) is 19.0 Å². The Morgan fingerprint density at radius 3 is 2.07 bits per heavy atom. The van der Waals surface area contributed by atoms with E-state index < -0.39 is 40.7 Å². The molecule has 54 heavy (non-hydrogen) atoms. The van der Waals surface area contributed by atoms with Crippen LogP contribution in [0.2, 0.25) is 15.1 Å². The minimum atomic E-state index is -0.790. The molecule has 0 unspecified atom stereocenters. The molecule has 0 radical (unpaired) electrons. The molecule has 0 saturated heterocycles. The number of halogens is 3. The van der Waals surface area contributed by atoms with Crippen molar-refractivity contribution in [3.8, 4) is 17.2 Å². The number of carbonyl (C=O) groups is 3. The lowest BCUT2D eigenvalue weighted by Gasteiger charge is -2.34. The zero-order valence-corrected chi connectivity index (χ0v) is 33.6. The van der Waals surface area contributed by atoms with E-state index in [0.717, 1.165) is 16.7 Å². The highest BCUT2D eigenvalue weighted by atomic mass is 35.5. The number of amides is 3. The van der Waals surface area contributed by atoms with Crippen molar-refractivity contribution in [2.24, 2.45) is 0 Å². The van der Waals surface area contributed by atoms with Crippen LogP contribution in [0.3, 0.4) is 0 Å². The van der Waals surface area contributed by atoms with Gasteiger partial charge in [-0.1, -0.05) is 101 Å². The highest BCUT2D eigenvalue weighted by Gasteiger charge is 2.34. The lowest BCUT2D eigenvalue weighted by molar-refractivity contribution is -0.123. The molecule has 290 valence electrons. The molecule has 0 bridgehead atoms. The van der Waals surface area contributed by atoms with Crippen LogP contribution in [0.25, 0.3) is 5.69 Å². The molecule has 15 heteroatoms. The Balaban J connectivity index is 1.83. The molecule has 0 aliphatic heterocycles. The first kappa shape index (κ1) is 42.3. The van der Waals surface area contributed by atoms with E-state index in [1.165, 1.54) is 19.2 Å². The molecule has 1 heterocycles. The number of hydrogen-bond donors (Lipinski definition) is 4. The second kappa shape index (κ2) is 18.2. The Kier molecular flexibility index (Phi) is 14.3. The van der Waals surface area contributed by atoms with Gasteiger partial charge in [0.1, 0.15) is 11.4 Å². The van der Waals surface area contributed by atoms with Crippen molar-refractivity contribution in [1.29, 1.82) is 0 Å². The van der Waals surface area contributed by atoms with Crippen molar-refractivity contribution < 1.29 is 28.6 Å². The van der Waals surface area contributed by atoms with Gasteiger partial charge in [0.2, 0.25) is 5.75 Å². The first-order valence-electron chi connectivity index (χ1n) is 17.4. The molecule has 3 amide bonds. The maximum absolute atomic E-state index is 14.5. The van der Waals surface area contributed by atoms with Crippen molar-refractivity contribution in [1.82, 2.24) is 15.1 Å². The number of aromatic nitrogens is 2. The van der Waals surface area contributed by atoms with Crippen molar-refractivity contribution >= 4 is 64.0 Å². The number of methoxy groups -OCH3 is 1. The maximum Gasteiger partial charge on any atom is 0.316 e. The molecule has 3 aromatic carbocycles. The molecule has 4 N–H and O–H groups in total. The van der Waals surface area contributed by atoms with Gasteiger partial charge < -0.3 is 30.2 Å². The number of aromatic amines is 1. The summed E-state index contributed by atoms with van der Waals surface area (Å²) >= 11 is 19.1. The predicted octanol–water partition coefficient (Wildman–Crippen LogP) is 7.91. The highest BCUT2D eigenvalue weighted by molar-refractivity contribution is 6.40. The second-order valence-electron chi connectivity index (χ2n) is 13.8. The van der Waals surface area contributed by atoms with Gasteiger partial charge in [-0.2, -0.15) is 0 Å². The summed E-state index contributed by atoms with van der Waals surface area (Å²) in [6.07, 6.45) is 1.33. The van der Waals surface area contributed by atoms with E-state index in [1.807, 2.05) is 45.0 Å². The Labute approximate surface area is 329 Å². The summed E-state index contributed by atoms with van der Waals surface area (Å²) in [5, 5.41) is 11.6. The first-order chi connectivity index (χ1) is 25.5. The van der Waals surface area contributed by atoms with Crippen LogP contribution in [-0.2, 0) is 25.2 Å². The van der Waals surface area contributed by atoms with Gasteiger partial charge in [-0.15, -0.1) is 0 Å². The first-order valence-corrected chi connectivity index (χ1v) is 18.5. The molecule has 1 aromatic heterocycles. The summed E-state index contributed by atoms with van der Waals surface area (Å²) < 4.78 is 17.4. The normalized spacial score (nSPS) is 11.6. The number of H-pyrrole nitrogens is 1. The number of nitrogens with one attached hydrogen (secondary N) is 4. The van der Waals surface area contributed by atoms with E-state index in [0.29, 0.717) is 23.4 Å². The quantitative estimate of drug-likeness (QED) is 0.0792. The number of rotatable bonds is 17. The van der Waals surface area contributed by atoms with E-state index in [9.17, 15) is 19.2 Å². The standard InChI is InChI=1S/C39H46Cl3N5O7/c1-8-38(3,4)26-16-15-25(31(39(5,6)9-2)32(26)44-30(49)22-53-24-13-11-10-12-14-24)36(50)45-35-34(54-21-29(48)43-17-18-52-7)37(51)47(46-35)33-27(41)19-23(40)20-28(33)42/h10-16,19-20,46H,8-9,17-18,21-22H2,1-7H3,(H,43,48)(H,44,49)(H,45,50). The molecule has 0 saturated carbocycles. The van der Waals surface area contributed by atoms with Crippen LogP contribution >= 0.6 is 34.8 Å². The monoisotopic (exact) mass is 801 g/mol. The highest BCUT2D eigenvalue weighted by Crippen LogP contribution is 2.43. The number of benzene rings is 3. The van der Waals surface area contributed by atoms with Gasteiger partial charge in [-0.05, 0) is 65.1 Å². The SMILES string of the molecule is CCC(C)(C)c1ccc(C(=O)Nc2[nH]n(-c3c(Cl)cc(Cl)cc3Cl)c(=O)c2OCC(=O)NCCOC)c(C(C)(C)CC)c1NC(=O)COc1ccccc1. The lowest BCUT2D eigenvalue weighted by Crippen LogP contribution is -2.32.